The molecule has 140 valence electrons. The number of rotatable bonds is 5. The number of nitrogens with one attached hydrogen (secondary N) is 1. The molecule has 1 amide bonds. The number of aromatic nitrogens is 2. The summed E-state index contributed by atoms with van der Waals surface area (Å²) in [5, 5.41) is 2.63. The number of hydrogen-bond donors (Lipinski definition) is 1. The van der Waals surface area contributed by atoms with Crippen molar-refractivity contribution in [2.75, 3.05) is 14.1 Å². The monoisotopic (exact) mass is 366 g/mol. The van der Waals surface area contributed by atoms with E-state index in [1.54, 1.807) is 19.0 Å². The van der Waals surface area contributed by atoms with Gasteiger partial charge in [0.2, 0.25) is 5.91 Å². The Labute approximate surface area is 150 Å². The average Bonchev–Trinajstić information content (AvgIpc) is 2.51. The Morgan fingerprint density at radius 3 is 2.46 bits per heavy atom. The summed E-state index contributed by atoms with van der Waals surface area (Å²) in [6.45, 7) is 3.20. The van der Waals surface area contributed by atoms with Gasteiger partial charge in [0, 0.05) is 5.69 Å². The van der Waals surface area contributed by atoms with Gasteiger partial charge in [-0.1, -0.05) is 29.8 Å². The maximum atomic E-state index is 12.9. The van der Waals surface area contributed by atoms with E-state index < -0.39 is 17.9 Å². The fraction of sp³-hybridized carbons (Fsp3) is 0.389. The van der Waals surface area contributed by atoms with Gasteiger partial charge in [0.15, 0.2) is 0 Å². The van der Waals surface area contributed by atoms with Crippen LogP contribution in [-0.4, -0.2) is 34.9 Å². The minimum absolute atomic E-state index is 0.0765. The molecule has 0 aliphatic rings. The zero-order valence-corrected chi connectivity index (χ0v) is 15.1. The van der Waals surface area contributed by atoms with E-state index in [0.29, 0.717) is 0 Å². The molecule has 0 aliphatic carbocycles. The molecule has 1 aromatic heterocycles. The molecule has 0 saturated carbocycles. The SMILES string of the molecule is Cc1cccc([C@@H](C(=O)NCc2nc(C)cc(C(F)(F)F)n2)N(C)C)c1. The van der Waals surface area contributed by atoms with E-state index in [1.165, 1.54) is 6.92 Å². The van der Waals surface area contributed by atoms with Crippen molar-refractivity contribution in [3.63, 3.8) is 0 Å². The maximum Gasteiger partial charge on any atom is 0.433 e. The molecule has 0 bridgehead atoms. The van der Waals surface area contributed by atoms with E-state index in [9.17, 15) is 18.0 Å². The fourth-order valence-corrected chi connectivity index (χ4v) is 2.64. The number of benzene rings is 1. The van der Waals surface area contributed by atoms with Crippen molar-refractivity contribution in [1.29, 1.82) is 0 Å². The predicted octanol–water partition coefficient (Wildman–Crippen LogP) is 3.03. The minimum atomic E-state index is -4.56. The van der Waals surface area contributed by atoms with Crippen molar-refractivity contribution >= 4 is 5.91 Å². The molecule has 0 radical (unpaired) electrons. The van der Waals surface area contributed by atoms with Gasteiger partial charge in [0.1, 0.15) is 17.6 Å². The van der Waals surface area contributed by atoms with Gasteiger partial charge in [-0.05, 0) is 39.6 Å². The first-order chi connectivity index (χ1) is 12.1. The highest BCUT2D eigenvalue weighted by Gasteiger charge is 2.33. The summed E-state index contributed by atoms with van der Waals surface area (Å²) in [5.74, 6) is -0.410. The molecule has 8 heteroatoms. The predicted molar refractivity (Wildman–Crippen MR) is 91.2 cm³/mol. The smallest absolute Gasteiger partial charge is 0.347 e. The van der Waals surface area contributed by atoms with Crippen LogP contribution in [0.5, 0.6) is 0 Å². The van der Waals surface area contributed by atoms with Crippen molar-refractivity contribution in [3.8, 4) is 0 Å². The van der Waals surface area contributed by atoms with Gasteiger partial charge in [0.05, 0.1) is 6.54 Å². The van der Waals surface area contributed by atoms with Crippen LogP contribution >= 0.6 is 0 Å². The number of likely N-dealkylation sites (N-methyl/N-ethyl adjacent to an activating group) is 1. The van der Waals surface area contributed by atoms with Crippen molar-refractivity contribution < 1.29 is 18.0 Å². The topological polar surface area (TPSA) is 58.1 Å². The van der Waals surface area contributed by atoms with E-state index in [-0.39, 0.29) is 24.0 Å². The van der Waals surface area contributed by atoms with Crippen molar-refractivity contribution in [1.82, 2.24) is 20.2 Å². The van der Waals surface area contributed by atoms with Crippen molar-refractivity contribution in [2.45, 2.75) is 32.6 Å². The van der Waals surface area contributed by atoms with Crippen LogP contribution in [0, 0.1) is 13.8 Å². The maximum absolute atomic E-state index is 12.9. The van der Waals surface area contributed by atoms with Crippen LogP contribution in [0.25, 0.3) is 0 Å². The highest BCUT2D eigenvalue weighted by Crippen LogP contribution is 2.27. The summed E-state index contributed by atoms with van der Waals surface area (Å²) in [6, 6.07) is 7.82. The highest BCUT2D eigenvalue weighted by molar-refractivity contribution is 5.83. The van der Waals surface area contributed by atoms with Crippen LogP contribution in [0.3, 0.4) is 0 Å². The summed E-state index contributed by atoms with van der Waals surface area (Å²) in [5.41, 5.74) is 0.990. The van der Waals surface area contributed by atoms with Crippen LogP contribution in [0.2, 0.25) is 0 Å². The van der Waals surface area contributed by atoms with Crippen LogP contribution in [-0.2, 0) is 17.5 Å². The Morgan fingerprint density at radius 1 is 1.19 bits per heavy atom. The molecule has 5 nitrogen and oxygen atoms in total. The molecule has 0 unspecified atom stereocenters. The molecule has 0 fully saturated rings. The van der Waals surface area contributed by atoms with Crippen LogP contribution in [0.4, 0.5) is 13.2 Å². The molecule has 1 aromatic carbocycles. The lowest BCUT2D eigenvalue weighted by molar-refractivity contribution is -0.141. The lowest BCUT2D eigenvalue weighted by atomic mass is 10.0. The van der Waals surface area contributed by atoms with Crippen LogP contribution in [0.1, 0.15) is 34.4 Å². The zero-order valence-electron chi connectivity index (χ0n) is 15.1. The summed E-state index contributed by atoms with van der Waals surface area (Å²) in [7, 11) is 3.52. The van der Waals surface area contributed by atoms with E-state index in [2.05, 4.69) is 15.3 Å². The van der Waals surface area contributed by atoms with Crippen LogP contribution in [0.15, 0.2) is 30.3 Å². The number of amides is 1. The third-order valence-corrected chi connectivity index (χ3v) is 3.73. The molecule has 2 rings (SSSR count). The number of nitrogens with zero attached hydrogens (tertiary/aromatic N) is 3. The van der Waals surface area contributed by atoms with E-state index in [0.717, 1.165) is 17.2 Å². The van der Waals surface area contributed by atoms with Gasteiger partial charge in [-0.15, -0.1) is 0 Å². The second-order valence-electron chi connectivity index (χ2n) is 6.31. The van der Waals surface area contributed by atoms with Gasteiger partial charge >= 0.3 is 6.18 Å². The van der Waals surface area contributed by atoms with Gasteiger partial charge in [-0.2, -0.15) is 13.2 Å². The number of hydrogen-bond acceptors (Lipinski definition) is 4. The lowest BCUT2D eigenvalue weighted by Gasteiger charge is -2.24. The quantitative estimate of drug-likeness (QED) is 0.884. The van der Waals surface area contributed by atoms with Gasteiger partial charge in [-0.25, -0.2) is 9.97 Å². The average molecular weight is 366 g/mol. The molecular formula is C18H21F3N4O. The molecule has 1 heterocycles. The molecule has 1 N–H and O–H groups in total. The number of alkyl halides is 3. The summed E-state index contributed by atoms with van der Waals surface area (Å²) >= 11 is 0. The third kappa shape index (κ3) is 5.01. The van der Waals surface area contributed by atoms with Crippen molar-refractivity contribution in [2.24, 2.45) is 0 Å². The number of halogens is 3. The number of carbonyl (C=O) groups is 1. The molecule has 2 aromatic rings. The summed E-state index contributed by atoms with van der Waals surface area (Å²) in [6.07, 6.45) is -4.56. The molecule has 26 heavy (non-hydrogen) atoms. The lowest BCUT2D eigenvalue weighted by Crippen LogP contribution is -2.37. The second-order valence-corrected chi connectivity index (χ2v) is 6.31. The second kappa shape index (κ2) is 7.82. The molecular weight excluding hydrogens is 345 g/mol. The largest absolute Gasteiger partial charge is 0.433 e. The normalized spacial score (nSPS) is 12.9. The molecule has 0 spiro atoms. The highest BCUT2D eigenvalue weighted by atomic mass is 19.4. The van der Waals surface area contributed by atoms with Crippen molar-refractivity contribution in [3.05, 3.63) is 58.7 Å². The van der Waals surface area contributed by atoms with E-state index in [1.807, 2.05) is 31.2 Å². The number of carbonyl (C=O) groups excluding carboxylic acids is 1. The van der Waals surface area contributed by atoms with Crippen LogP contribution < -0.4 is 5.32 Å². The van der Waals surface area contributed by atoms with Gasteiger partial charge in [0.25, 0.3) is 0 Å². The molecule has 0 aliphatic heterocycles. The Morgan fingerprint density at radius 2 is 1.88 bits per heavy atom. The third-order valence-electron chi connectivity index (χ3n) is 3.73. The Kier molecular flexibility index (Phi) is 5.97. The first kappa shape index (κ1) is 19.8. The Balaban J connectivity index is 2.17. The molecule has 0 saturated heterocycles. The zero-order chi connectivity index (χ0) is 19.5. The standard InChI is InChI=1S/C18H21F3N4O/c1-11-6-5-7-13(8-11)16(25(3)4)17(26)22-10-15-23-12(2)9-14(24-15)18(19,20)21/h5-9,16H,10H2,1-4H3,(H,22,26)/t16-/m0/s1. The first-order valence-corrected chi connectivity index (χ1v) is 8.00. The Hall–Kier alpha value is -2.48. The van der Waals surface area contributed by atoms with E-state index in [4.69, 9.17) is 0 Å². The summed E-state index contributed by atoms with van der Waals surface area (Å²) < 4.78 is 38.6. The Bertz CT molecular complexity index is 790. The van der Waals surface area contributed by atoms with Gasteiger partial charge < -0.3 is 5.32 Å². The molecule has 1 atom stereocenters. The minimum Gasteiger partial charge on any atom is -0.347 e. The number of aryl methyl sites for hydroxylation is 2. The summed E-state index contributed by atoms with van der Waals surface area (Å²) in [4.78, 5) is 21.8. The van der Waals surface area contributed by atoms with E-state index >= 15 is 0 Å². The fourth-order valence-electron chi connectivity index (χ4n) is 2.64. The van der Waals surface area contributed by atoms with Gasteiger partial charge in [-0.3, -0.25) is 9.69 Å². The first-order valence-electron chi connectivity index (χ1n) is 8.00.